The molecule has 1 aromatic rings. The average Bonchev–Trinajstić information content (AvgIpc) is 2.16. The molecule has 0 bridgehead atoms. The minimum atomic E-state index is 0.479. The fraction of sp³-hybridized carbons (Fsp3) is 0.333. The second-order valence-electron chi connectivity index (χ2n) is 2.38. The van der Waals surface area contributed by atoms with Crippen molar-refractivity contribution in [2.45, 2.75) is 6.54 Å². The Bertz CT molecular complexity index is 261. The summed E-state index contributed by atoms with van der Waals surface area (Å²) in [7, 11) is 3.24. The SMILES string of the molecule is COc1ccc(C[15NH2])c(OC)c1. The van der Waals surface area contributed by atoms with E-state index in [1.54, 1.807) is 14.2 Å². The fourth-order valence-corrected chi connectivity index (χ4v) is 1.02. The van der Waals surface area contributed by atoms with Gasteiger partial charge in [-0.25, -0.2) is 0 Å². The number of ether oxygens (including phenoxy) is 2. The lowest BCUT2D eigenvalue weighted by molar-refractivity contribution is 0.391. The van der Waals surface area contributed by atoms with Gasteiger partial charge in [-0.05, 0) is 6.07 Å². The maximum absolute atomic E-state index is 5.50. The van der Waals surface area contributed by atoms with Gasteiger partial charge in [0.25, 0.3) is 0 Å². The summed E-state index contributed by atoms with van der Waals surface area (Å²) in [5.74, 6) is 1.56. The van der Waals surface area contributed by atoms with Crippen LogP contribution in [-0.2, 0) is 6.54 Å². The third-order valence-electron chi connectivity index (χ3n) is 1.71. The van der Waals surface area contributed by atoms with E-state index in [2.05, 4.69) is 0 Å². The van der Waals surface area contributed by atoms with E-state index in [4.69, 9.17) is 15.2 Å². The summed E-state index contributed by atoms with van der Waals surface area (Å²) in [4.78, 5) is 0. The Balaban J connectivity index is 3.02. The van der Waals surface area contributed by atoms with Gasteiger partial charge in [-0.2, -0.15) is 0 Å². The first-order valence-electron chi connectivity index (χ1n) is 3.72. The molecule has 3 nitrogen and oxygen atoms in total. The van der Waals surface area contributed by atoms with Gasteiger partial charge in [-0.3, -0.25) is 0 Å². The first-order chi connectivity index (χ1) is 5.81. The van der Waals surface area contributed by atoms with Crippen molar-refractivity contribution in [2.75, 3.05) is 14.2 Å². The van der Waals surface area contributed by atoms with Crippen molar-refractivity contribution in [3.05, 3.63) is 23.8 Å². The second-order valence-corrected chi connectivity index (χ2v) is 2.38. The van der Waals surface area contributed by atoms with Crippen LogP contribution in [0.2, 0.25) is 0 Å². The third kappa shape index (κ3) is 1.68. The molecule has 1 aromatic carbocycles. The largest absolute Gasteiger partial charge is 0.497 e. The fourth-order valence-electron chi connectivity index (χ4n) is 1.02. The summed E-state index contributed by atoms with van der Waals surface area (Å²) in [6.45, 7) is 0.479. The van der Waals surface area contributed by atoms with E-state index in [9.17, 15) is 0 Å². The molecule has 0 aliphatic rings. The predicted molar refractivity (Wildman–Crippen MR) is 47.4 cm³/mol. The molecule has 0 unspecified atom stereocenters. The van der Waals surface area contributed by atoms with Crippen LogP contribution < -0.4 is 15.2 Å². The van der Waals surface area contributed by atoms with Crippen molar-refractivity contribution in [1.29, 1.82) is 0 Å². The molecule has 0 saturated heterocycles. The molecule has 0 saturated carbocycles. The second kappa shape index (κ2) is 3.97. The summed E-state index contributed by atoms with van der Waals surface area (Å²) in [6, 6.07) is 5.59. The summed E-state index contributed by atoms with van der Waals surface area (Å²) in [5, 5.41) is 0. The zero-order valence-corrected chi connectivity index (χ0v) is 7.33. The van der Waals surface area contributed by atoms with Crippen LogP contribution in [0.4, 0.5) is 0 Å². The molecule has 0 aliphatic heterocycles. The molecular weight excluding hydrogens is 155 g/mol. The van der Waals surface area contributed by atoms with Gasteiger partial charge in [-0.1, -0.05) is 6.07 Å². The summed E-state index contributed by atoms with van der Waals surface area (Å²) < 4.78 is 10.2. The van der Waals surface area contributed by atoms with E-state index in [1.165, 1.54) is 0 Å². The monoisotopic (exact) mass is 168 g/mol. The first-order valence-corrected chi connectivity index (χ1v) is 3.72. The summed E-state index contributed by atoms with van der Waals surface area (Å²) in [5.41, 5.74) is 6.48. The zero-order chi connectivity index (χ0) is 8.97. The number of hydrogen-bond donors (Lipinski definition) is 1. The highest BCUT2D eigenvalue weighted by atomic mass is 16.5. The van der Waals surface area contributed by atoms with E-state index in [0.717, 1.165) is 17.1 Å². The van der Waals surface area contributed by atoms with Gasteiger partial charge in [0.1, 0.15) is 11.5 Å². The molecule has 2 N–H and O–H groups in total. The lowest BCUT2D eigenvalue weighted by Gasteiger charge is -2.07. The van der Waals surface area contributed by atoms with Crippen molar-refractivity contribution < 1.29 is 9.47 Å². The standard InChI is InChI=1S/C9H13NO2/c1-11-8-4-3-7(6-10)9(5-8)12-2/h3-5H,6,10H2,1-2H3/i10+1. The minimum absolute atomic E-state index is 0.479. The maximum Gasteiger partial charge on any atom is 0.127 e. The molecule has 0 heterocycles. The van der Waals surface area contributed by atoms with Crippen molar-refractivity contribution in [1.82, 2.24) is 0 Å². The quantitative estimate of drug-likeness (QED) is 0.689. The molecule has 0 spiro atoms. The van der Waals surface area contributed by atoms with Gasteiger partial charge in [0.15, 0.2) is 0 Å². The Morgan fingerprint density at radius 3 is 2.50 bits per heavy atom. The smallest absolute Gasteiger partial charge is 0.127 e. The Hall–Kier alpha value is -1.22. The zero-order valence-electron chi connectivity index (χ0n) is 7.33. The maximum atomic E-state index is 5.50. The van der Waals surface area contributed by atoms with Gasteiger partial charge >= 0.3 is 0 Å². The highest BCUT2D eigenvalue weighted by molar-refractivity contribution is 5.40. The molecule has 0 aliphatic carbocycles. The highest BCUT2D eigenvalue weighted by Crippen LogP contribution is 2.23. The molecule has 66 valence electrons. The van der Waals surface area contributed by atoms with Crippen LogP contribution in [0.3, 0.4) is 0 Å². The van der Waals surface area contributed by atoms with E-state index in [0.29, 0.717) is 6.54 Å². The first kappa shape index (κ1) is 8.87. The Morgan fingerprint density at radius 2 is 2.00 bits per heavy atom. The molecule has 0 atom stereocenters. The molecule has 0 aromatic heterocycles. The summed E-state index contributed by atoms with van der Waals surface area (Å²) >= 11 is 0. The van der Waals surface area contributed by atoms with Gasteiger partial charge in [-0.15, -0.1) is 0 Å². The number of benzene rings is 1. The summed E-state index contributed by atoms with van der Waals surface area (Å²) in [6.07, 6.45) is 0. The Labute approximate surface area is 72.1 Å². The lowest BCUT2D eigenvalue weighted by atomic mass is 10.2. The van der Waals surface area contributed by atoms with E-state index >= 15 is 0 Å². The molecule has 0 radical (unpaired) electrons. The highest BCUT2D eigenvalue weighted by Gasteiger charge is 2.01. The van der Waals surface area contributed by atoms with Crippen LogP contribution in [0.15, 0.2) is 18.2 Å². The number of hydrogen-bond acceptors (Lipinski definition) is 3. The van der Waals surface area contributed by atoms with Gasteiger partial charge in [0, 0.05) is 18.2 Å². The Morgan fingerprint density at radius 1 is 1.25 bits per heavy atom. The van der Waals surface area contributed by atoms with Gasteiger partial charge < -0.3 is 15.2 Å². The molecule has 0 fully saturated rings. The predicted octanol–water partition coefficient (Wildman–Crippen LogP) is 1.16. The molecule has 12 heavy (non-hydrogen) atoms. The number of rotatable bonds is 3. The van der Waals surface area contributed by atoms with Crippen LogP contribution >= 0.6 is 0 Å². The van der Waals surface area contributed by atoms with E-state index in [1.807, 2.05) is 18.2 Å². The molecule has 3 heteroatoms. The molecule has 0 amide bonds. The normalized spacial score (nSPS) is 9.58. The molecular formula is C9H13NO2. The topological polar surface area (TPSA) is 44.5 Å². The number of methoxy groups -OCH3 is 2. The van der Waals surface area contributed by atoms with Crippen LogP contribution in [0.5, 0.6) is 11.5 Å². The van der Waals surface area contributed by atoms with Crippen molar-refractivity contribution in [3.63, 3.8) is 0 Å². The minimum Gasteiger partial charge on any atom is -0.497 e. The van der Waals surface area contributed by atoms with Crippen LogP contribution in [0.1, 0.15) is 5.56 Å². The van der Waals surface area contributed by atoms with Crippen LogP contribution in [0.25, 0.3) is 0 Å². The average molecular weight is 168 g/mol. The molecule has 1 rings (SSSR count). The van der Waals surface area contributed by atoms with Crippen LogP contribution in [0, 0.1) is 0 Å². The lowest BCUT2D eigenvalue weighted by Crippen LogP contribution is -1.99. The van der Waals surface area contributed by atoms with Crippen LogP contribution in [-0.4, -0.2) is 14.2 Å². The Kier molecular flexibility index (Phi) is 2.94. The van der Waals surface area contributed by atoms with Gasteiger partial charge in [0.2, 0.25) is 0 Å². The van der Waals surface area contributed by atoms with Crippen molar-refractivity contribution in [2.24, 2.45) is 5.73 Å². The van der Waals surface area contributed by atoms with Crippen molar-refractivity contribution in [3.8, 4) is 11.5 Å². The number of nitrogens with two attached hydrogens (primary N) is 1. The van der Waals surface area contributed by atoms with E-state index < -0.39 is 0 Å². The van der Waals surface area contributed by atoms with Gasteiger partial charge in [0.05, 0.1) is 14.2 Å². The van der Waals surface area contributed by atoms with E-state index in [-0.39, 0.29) is 0 Å². The third-order valence-corrected chi connectivity index (χ3v) is 1.71. The van der Waals surface area contributed by atoms with Crippen molar-refractivity contribution >= 4 is 0 Å².